The van der Waals surface area contributed by atoms with Gasteiger partial charge in [-0.15, -0.1) is 0 Å². The third kappa shape index (κ3) is 1.48. The lowest BCUT2D eigenvalue weighted by molar-refractivity contribution is 0.824. The Balaban J connectivity index is 2.71. The maximum absolute atomic E-state index is 2.46. The van der Waals surface area contributed by atoms with Gasteiger partial charge in [0.25, 0.3) is 0 Å². The van der Waals surface area contributed by atoms with Crippen LogP contribution < -0.4 is 0 Å². The molecule has 0 fully saturated rings. The van der Waals surface area contributed by atoms with Crippen molar-refractivity contribution in [2.75, 3.05) is 0 Å². The molecule has 3 rings (SSSR count). The number of hydrogen-bond acceptors (Lipinski definition) is 0. The van der Waals surface area contributed by atoms with Gasteiger partial charge in [0, 0.05) is 22.8 Å². The zero-order valence-corrected chi connectivity index (χ0v) is 12.5. The highest BCUT2D eigenvalue weighted by molar-refractivity contribution is 6.11. The van der Waals surface area contributed by atoms with Crippen molar-refractivity contribution in [3.05, 3.63) is 46.5 Å². The van der Waals surface area contributed by atoms with Gasteiger partial charge in [0.05, 0.1) is 5.52 Å². The van der Waals surface area contributed by atoms with Gasteiger partial charge < -0.3 is 4.57 Å². The predicted molar refractivity (Wildman–Crippen MR) is 84.1 cm³/mol. The molecule has 0 saturated heterocycles. The van der Waals surface area contributed by atoms with Gasteiger partial charge in [-0.3, -0.25) is 0 Å². The Labute approximate surface area is 114 Å². The number of rotatable bonds is 1. The number of aryl methyl sites for hydroxylation is 3. The first-order valence-corrected chi connectivity index (χ1v) is 7.05. The van der Waals surface area contributed by atoms with Crippen LogP contribution in [0.5, 0.6) is 0 Å². The lowest BCUT2D eigenvalue weighted by Gasteiger charge is -2.13. The van der Waals surface area contributed by atoms with Gasteiger partial charge >= 0.3 is 0 Å². The Hall–Kier alpha value is -1.76. The predicted octanol–water partition coefficient (Wildman–Crippen LogP) is 5.05. The normalized spacial score (nSPS) is 11.6. The second kappa shape index (κ2) is 4.12. The van der Waals surface area contributed by atoms with Gasteiger partial charge in [-0.05, 0) is 62.9 Å². The van der Waals surface area contributed by atoms with Crippen LogP contribution in [0.25, 0.3) is 21.8 Å². The quantitative estimate of drug-likeness (QED) is 0.570. The SMILES string of the molecule is CCn1c2ccccc2c2c(C)c(C)c(C)c(C)c21. The summed E-state index contributed by atoms with van der Waals surface area (Å²) in [7, 11) is 0. The molecule has 0 aliphatic heterocycles. The van der Waals surface area contributed by atoms with Crippen LogP contribution in [0.1, 0.15) is 29.2 Å². The number of benzene rings is 2. The molecule has 19 heavy (non-hydrogen) atoms. The van der Waals surface area contributed by atoms with Crippen LogP contribution in [0.4, 0.5) is 0 Å². The molecule has 1 aromatic heterocycles. The second-order valence-electron chi connectivity index (χ2n) is 5.49. The molecule has 2 aromatic carbocycles. The maximum Gasteiger partial charge on any atom is 0.0526 e. The minimum absolute atomic E-state index is 1.02. The summed E-state index contributed by atoms with van der Waals surface area (Å²) in [5.74, 6) is 0. The van der Waals surface area contributed by atoms with Crippen LogP contribution in [-0.4, -0.2) is 4.57 Å². The fraction of sp³-hybridized carbons (Fsp3) is 0.333. The zero-order chi connectivity index (χ0) is 13.7. The van der Waals surface area contributed by atoms with E-state index in [1.807, 2.05) is 0 Å². The van der Waals surface area contributed by atoms with Gasteiger partial charge in [-0.2, -0.15) is 0 Å². The lowest BCUT2D eigenvalue weighted by atomic mass is 9.94. The maximum atomic E-state index is 2.46. The minimum atomic E-state index is 1.02. The Kier molecular flexibility index (Phi) is 2.67. The smallest absolute Gasteiger partial charge is 0.0526 e. The number of aromatic nitrogens is 1. The molecule has 1 heteroatoms. The minimum Gasteiger partial charge on any atom is -0.341 e. The molecule has 1 heterocycles. The molecule has 0 aliphatic rings. The van der Waals surface area contributed by atoms with E-state index in [0.717, 1.165) is 6.54 Å². The molecular formula is C18H21N. The molecule has 0 bridgehead atoms. The van der Waals surface area contributed by atoms with Crippen molar-refractivity contribution in [2.24, 2.45) is 0 Å². The monoisotopic (exact) mass is 251 g/mol. The number of hydrogen-bond donors (Lipinski definition) is 0. The van der Waals surface area contributed by atoms with E-state index in [9.17, 15) is 0 Å². The first-order valence-electron chi connectivity index (χ1n) is 7.05. The van der Waals surface area contributed by atoms with E-state index in [4.69, 9.17) is 0 Å². The van der Waals surface area contributed by atoms with Crippen molar-refractivity contribution in [1.29, 1.82) is 0 Å². The number of nitrogens with zero attached hydrogens (tertiary/aromatic N) is 1. The molecule has 98 valence electrons. The first kappa shape index (κ1) is 12.3. The molecule has 0 N–H and O–H groups in total. The highest BCUT2D eigenvalue weighted by atomic mass is 15.0. The van der Waals surface area contributed by atoms with Crippen molar-refractivity contribution < 1.29 is 0 Å². The van der Waals surface area contributed by atoms with Gasteiger partial charge in [0.2, 0.25) is 0 Å². The van der Waals surface area contributed by atoms with E-state index in [1.54, 1.807) is 0 Å². The lowest BCUT2D eigenvalue weighted by Crippen LogP contribution is -1.99. The Morgan fingerprint density at radius 2 is 1.47 bits per heavy atom. The van der Waals surface area contributed by atoms with E-state index < -0.39 is 0 Å². The van der Waals surface area contributed by atoms with Crippen LogP contribution in [0.15, 0.2) is 24.3 Å². The molecule has 0 radical (unpaired) electrons. The van der Waals surface area contributed by atoms with Crippen LogP contribution >= 0.6 is 0 Å². The molecule has 3 aromatic rings. The van der Waals surface area contributed by atoms with E-state index in [1.165, 1.54) is 44.1 Å². The summed E-state index contributed by atoms with van der Waals surface area (Å²) < 4.78 is 2.46. The number of para-hydroxylation sites is 1. The average molecular weight is 251 g/mol. The molecule has 1 nitrogen and oxygen atoms in total. The third-order valence-electron chi connectivity index (χ3n) is 4.70. The van der Waals surface area contributed by atoms with Crippen LogP contribution in [0, 0.1) is 27.7 Å². The van der Waals surface area contributed by atoms with Crippen molar-refractivity contribution in [3.8, 4) is 0 Å². The Morgan fingerprint density at radius 3 is 2.16 bits per heavy atom. The molecule has 0 spiro atoms. The molecule has 0 atom stereocenters. The summed E-state index contributed by atoms with van der Waals surface area (Å²) in [6, 6.07) is 8.77. The molecule has 0 amide bonds. The molecular weight excluding hydrogens is 230 g/mol. The van der Waals surface area contributed by atoms with Crippen molar-refractivity contribution in [2.45, 2.75) is 41.2 Å². The highest BCUT2D eigenvalue weighted by Crippen LogP contribution is 2.36. The standard InChI is InChI=1S/C18H21N/c1-6-19-16-10-8-7-9-15(16)17-13(4)11(2)12(3)14(5)18(17)19/h7-10H,6H2,1-5H3. The van der Waals surface area contributed by atoms with Crippen molar-refractivity contribution >= 4 is 21.8 Å². The summed E-state index contributed by atoms with van der Waals surface area (Å²) in [5, 5.41) is 2.83. The van der Waals surface area contributed by atoms with Crippen LogP contribution in [0.3, 0.4) is 0 Å². The van der Waals surface area contributed by atoms with Crippen molar-refractivity contribution in [3.63, 3.8) is 0 Å². The van der Waals surface area contributed by atoms with Crippen molar-refractivity contribution in [1.82, 2.24) is 4.57 Å². The van der Waals surface area contributed by atoms with E-state index in [-0.39, 0.29) is 0 Å². The summed E-state index contributed by atoms with van der Waals surface area (Å²) >= 11 is 0. The topological polar surface area (TPSA) is 4.93 Å². The van der Waals surface area contributed by atoms with Gasteiger partial charge in [0.15, 0.2) is 0 Å². The average Bonchev–Trinajstić information content (AvgIpc) is 2.77. The summed E-state index contributed by atoms with van der Waals surface area (Å²) in [6.07, 6.45) is 0. The summed E-state index contributed by atoms with van der Waals surface area (Å²) in [4.78, 5) is 0. The Morgan fingerprint density at radius 1 is 0.842 bits per heavy atom. The van der Waals surface area contributed by atoms with E-state index in [0.29, 0.717) is 0 Å². The van der Waals surface area contributed by atoms with E-state index >= 15 is 0 Å². The van der Waals surface area contributed by atoms with E-state index in [2.05, 4.69) is 63.5 Å². The largest absolute Gasteiger partial charge is 0.341 e. The molecule has 0 unspecified atom stereocenters. The first-order chi connectivity index (χ1) is 9.07. The Bertz CT molecular complexity index is 791. The number of fused-ring (bicyclic) bond motifs is 3. The summed E-state index contributed by atoms with van der Waals surface area (Å²) in [5.41, 5.74) is 8.50. The fourth-order valence-electron chi connectivity index (χ4n) is 3.33. The van der Waals surface area contributed by atoms with Gasteiger partial charge in [-0.1, -0.05) is 18.2 Å². The zero-order valence-electron chi connectivity index (χ0n) is 12.5. The van der Waals surface area contributed by atoms with Gasteiger partial charge in [-0.25, -0.2) is 0 Å². The summed E-state index contributed by atoms with van der Waals surface area (Å²) in [6.45, 7) is 12.3. The molecule has 0 aliphatic carbocycles. The molecule has 0 saturated carbocycles. The second-order valence-corrected chi connectivity index (χ2v) is 5.49. The van der Waals surface area contributed by atoms with Crippen LogP contribution in [0.2, 0.25) is 0 Å². The third-order valence-corrected chi connectivity index (χ3v) is 4.70. The fourth-order valence-corrected chi connectivity index (χ4v) is 3.33. The van der Waals surface area contributed by atoms with Gasteiger partial charge in [0.1, 0.15) is 0 Å². The van der Waals surface area contributed by atoms with Crippen LogP contribution in [-0.2, 0) is 6.54 Å². The highest BCUT2D eigenvalue weighted by Gasteiger charge is 2.16.